The Labute approximate surface area is 344 Å². The van der Waals surface area contributed by atoms with Crippen LogP contribution in [0.1, 0.15) is 142 Å². The zero-order valence-corrected chi connectivity index (χ0v) is 35.9. The standard InChI is InChI=1S/C46H75O10P/c1-3-5-7-9-11-13-15-17-19-20-21-22-24-26-28-30-32-34-36-38-46(50)56-44(42-55-57(51,52)54-40-43(48)39-47)41-53-45(49)37-35-33-31-29-27-25-23-18-16-14-12-10-8-6-4-2/h6,8,11-14,17-19,21-23,26,28,32,34,43-44,47-48H,3-5,7,9-10,15-16,20,24-25,27,29-31,33,35-42H2,1-2H3,(H,51,52)/b8-6+,13-11+,14-12+,19-17+,22-21+,23-18+,28-26+,34-32+/t43-,44+/m0/s1. The highest BCUT2D eigenvalue weighted by atomic mass is 31.2. The van der Waals surface area contributed by atoms with Gasteiger partial charge in [0, 0.05) is 12.8 Å². The van der Waals surface area contributed by atoms with Crippen molar-refractivity contribution in [2.45, 2.75) is 154 Å². The number of unbranched alkanes of at least 4 members (excludes halogenated alkanes) is 8. The van der Waals surface area contributed by atoms with Gasteiger partial charge in [0.05, 0.1) is 19.8 Å². The monoisotopic (exact) mass is 819 g/mol. The minimum absolute atomic E-state index is 0.0509. The van der Waals surface area contributed by atoms with E-state index in [-0.39, 0.29) is 19.4 Å². The number of rotatable bonds is 38. The molecule has 0 saturated carbocycles. The predicted octanol–water partition coefficient (Wildman–Crippen LogP) is 11.2. The molecule has 0 fully saturated rings. The Bertz CT molecular complexity index is 1260. The van der Waals surface area contributed by atoms with Crippen molar-refractivity contribution in [2.24, 2.45) is 0 Å². The molecule has 3 N–H and O–H groups in total. The Balaban J connectivity index is 4.49. The molecule has 0 heterocycles. The van der Waals surface area contributed by atoms with E-state index < -0.39 is 51.8 Å². The summed E-state index contributed by atoms with van der Waals surface area (Å²) in [5.74, 6) is -1.05. The normalized spacial score (nSPS) is 14.8. The van der Waals surface area contributed by atoms with Crippen LogP contribution < -0.4 is 0 Å². The van der Waals surface area contributed by atoms with Gasteiger partial charge in [0.1, 0.15) is 12.7 Å². The molecule has 0 aliphatic carbocycles. The first-order valence-electron chi connectivity index (χ1n) is 21.2. The quantitative estimate of drug-likeness (QED) is 0.0238. The lowest BCUT2D eigenvalue weighted by Gasteiger charge is -2.20. The van der Waals surface area contributed by atoms with E-state index in [4.69, 9.17) is 19.1 Å². The number of carbonyl (C=O) groups is 2. The fraction of sp³-hybridized carbons (Fsp3) is 0.609. The van der Waals surface area contributed by atoms with Crippen LogP contribution in [0.5, 0.6) is 0 Å². The molecule has 0 rings (SSSR count). The molecular formula is C46H75O10P. The zero-order valence-electron chi connectivity index (χ0n) is 35.0. The summed E-state index contributed by atoms with van der Waals surface area (Å²) in [5, 5.41) is 18.3. The highest BCUT2D eigenvalue weighted by Gasteiger charge is 2.27. The minimum atomic E-state index is -4.65. The average Bonchev–Trinajstić information content (AvgIpc) is 3.20. The third kappa shape index (κ3) is 40.9. The average molecular weight is 819 g/mol. The van der Waals surface area contributed by atoms with Gasteiger partial charge in [0.25, 0.3) is 0 Å². The van der Waals surface area contributed by atoms with Gasteiger partial charge >= 0.3 is 19.8 Å². The largest absolute Gasteiger partial charge is 0.472 e. The molecular weight excluding hydrogens is 743 g/mol. The first-order valence-corrected chi connectivity index (χ1v) is 22.7. The number of ether oxygens (including phenoxy) is 2. The number of aliphatic hydroxyl groups is 2. The third-order valence-electron chi connectivity index (χ3n) is 8.24. The maximum absolute atomic E-state index is 12.6. The second-order valence-corrected chi connectivity index (χ2v) is 15.1. The maximum Gasteiger partial charge on any atom is 0.472 e. The Kier molecular flexibility index (Phi) is 38.8. The van der Waals surface area contributed by atoms with Crippen molar-refractivity contribution >= 4 is 19.8 Å². The molecule has 0 amide bonds. The van der Waals surface area contributed by atoms with E-state index in [1.165, 1.54) is 25.7 Å². The Hall–Kier alpha value is -3.11. The van der Waals surface area contributed by atoms with Crippen LogP contribution in [0.4, 0.5) is 0 Å². The van der Waals surface area contributed by atoms with Crippen molar-refractivity contribution in [3.05, 3.63) is 97.2 Å². The van der Waals surface area contributed by atoms with Crippen molar-refractivity contribution in [2.75, 3.05) is 26.4 Å². The van der Waals surface area contributed by atoms with E-state index in [9.17, 15) is 24.2 Å². The number of phosphoric acid groups is 1. The molecule has 0 aromatic carbocycles. The number of allylic oxidation sites excluding steroid dienone is 16. The number of esters is 2. The number of aliphatic hydroxyl groups excluding tert-OH is 2. The van der Waals surface area contributed by atoms with Gasteiger partial charge in [0.15, 0.2) is 6.10 Å². The first-order chi connectivity index (χ1) is 27.7. The number of hydrogen-bond donors (Lipinski definition) is 3. The molecule has 324 valence electrons. The molecule has 0 aliphatic rings. The van der Waals surface area contributed by atoms with Gasteiger partial charge < -0.3 is 24.6 Å². The predicted molar refractivity (Wildman–Crippen MR) is 232 cm³/mol. The van der Waals surface area contributed by atoms with Crippen LogP contribution in [0.15, 0.2) is 97.2 Å². The van der Waals surface area contributed by atoms with E-state index in [1.807, 2.05) is 12.2 Å². The smallest absolute Gasteiger partial charge is 0.462 e. The van der Waals surface area contributed by atoms with Crippen LogP contribution >= 0.6 is 7.82 Å². The summed E-state index contributed by atoms with van der Waals surface area (Å²) in [7, 11) is -4.65. The summed E-state index contributed by atoms with van der Waals surface area (Å²) < 4.78 is 32.6. The zero-order chi connectivity index (χ0) is 41.9. The lowest BCUT2D eigenvalue weighted by Crippen LogP contribution is -2.29. The summed E-state index contributed by atoms with van der Waals surface area (Å²) >= 11 is 0. The van der Waals surface area contributed by atoms with Gasteiger partial charge in [-0.15, -0.1) is 0 Å². The van der Waals surface area contributed by atoms with Crippen LogP contribution in [-0.2, 0) is 32.7 Å². The van der Waals surface area contributed by atoms with E-state index in [1.54, 1.807) is 0 Å². The second-order valence-electron chi connectivity index (χ2n) is 13.6. The van der Waals surface area contributed by atoms with Crippen molar-refractivity contribution in [1.82, 2.24) is 0 Å². The van der Waals surface area contributed by atoms with E-state index >= 15 is 0 Å². The molecule has 0 saturated heterocycles. The van der Waals surface area contributed by atoms with Crippen molar-refractivity contribution in [3.63, 3.8) is 0 Å². The van der Waals surface area contributed by atoms with Crippen LogP contribution in [0, 0.1) is 0 Å². The Morgan fingerprint density at radius 2 is 1.00 bits per heavy atom. The van der Waals surface area contributed by atoms with Crippen molar-refractivity contribution in [1.29, 1.82) is 0 Å². The fourth-order valence-electron chi connectivity index (χ4n) is 4.99. The molecule has 11 heteroatoms. The van der Waals surface area contributed by atoms with Crippen LogP contribution in [-0.4, -0.2) is 65.7 Å². The fourth-order valence-corrected chi connectivity index (χ4v) is 5.78. The number of hydrogen-bond acceptors (Lipinski definition) is 9. The number of carbonyl (C=O) groups excluding carboxylic acids is 2. The first kappa shape index (κ1) is 53.9. The Morgan fingerprint density at radius 3 is 1.53 bits per heavy atom. The molecule has 0 aromatic rings. The SMILES string of the molecule is CC/C=C/C/C=C/C/C=C/CCCCCCCC(=O)OC[C@H](COP(=O)(O)OC[C@@H](O)CO)OC(=O)CC/C=C/C/C=C/C/C=C/C/C=C/C/C=C/CCCCC. The summed E-state index contributed by atoms with van der Waals surface area (Å²) in [6, 6.07) is 0. The highest BCUT2D eigenvalue weighted by Crippen LogP contribution is 2.43. The van der Waals surface area contributed by atoms with Crippen LogP contribution in [0.25, 0.3) is 0 Å². The lowest BCUT2D eigenvalue weighted by molar-refractivity contribution is -0.161. The van der Waals surface area contributed by atoms with Gasteiger partial charge in [0.2, 0.25) is 0 Å². The summed E-state index contributed by atoms with van der Waals surface area (Å²) in [6.45, 7) is 2.11. The minimum Gasteiger partial charge on any atom is -0.462 e. The molecule has 0 radical (unpaired) electrons. The topological polar surface area (TPSA) is 149 Å². The molecule has 0 aliphatic heterocycles. The van der Waals surface area contributed by atoms with E-state index in [0.29, 0.717) is 12.8 Å². The van der Waals surface area contributed by atoms with E-state index in [2.05, 4.69) is 103 Å². The Morgan fingerprint density at radius 1 is 0.544 bits per heavy atom. The molecule has 0 spiro atoms. The van der Waals surface area contributed by atoms with Crippen molar-refractivity contribution in [3.8, 4) is 0 Å². The second kappa shape index (κ2) is 41.1. The van der Waals surface area contributed by atoms with Gasteiger partial charge in [-0.05, 0) is 83.5 Å². The molecule has 57 heavy (non-hydrogen) atoms. The van der Waals surface area contributed by atoms with Crippen molar-refractivity contribution < 1.29 is 47.8 Å². The molecule has 0 bridgehead atoms. The highest BCUT2D eigenvalue weighted by molar-refractivity contribution is 7.47. The molecule has 0 aromatic heterocycles. The summed E-state index contributed by atoms with van der Waals surface area (Å²) in [5.41, 5.74) is 0. The van der Waals surface area contributed by atoms with Gasteiger partial charge in [-0.2, -0.15) is 0 Å². The summed E-state index contributed by atoms with van der Waals surface area (Å²) in [4.78, 5) is 34.9. The number of phosphoric ester groups is 1. The van der Waals surface area contributed by atoms with Gasteiger partial charge in [-0.25, -0.2) is 4.57 Å². The summed E-state index contributed by atoms with van der Waals surface area (Å²) in [6.07, 6.45) is 49.6. The molecule has 3 atom stereocenters. The van der Waals surface area contributed by atoms with Crippen LogP contribution in [0.2, 0.25) is 0 Å². The lowest BCUT2D eigenvalue weighted by atomic mass is 10.1. The van der Waals surface area contributed by atoms with Crippen LogP contribution in [0.3, 0.4) is 0 Å². The van der Waals surface area contributed by atoms with Gasteiger partial charge in [-0.3, -0.25) is 18.6 Å². The maximum atomic E-state index is 12.6. The third-order valence-corrected chi connectivity index (χ3v) is 9.19. The van der Waals surface area contributed by atoms with E-state index in [0.717, 1.165) is 77.0 Å². The molecule has 10 nitrogen and oxygen atoms in total. The van der Waals surface area contributed by atoms with Gasteiger partial charge in [-0.1, -0.05) is 143 Å². The molecule has 1 unspecified atom stereocenters.